The van der Waals surface area contributed by atoms with Gasteiger partial charge in [0.05, 0.1) is 40.9 Å². The first kappa shape index (κ1) is 30.3. The van der Waals surface area contributed by atoms with E-state index in [1.165, 1.54) is 28.6 Å². The Balaban J connectivity index is 1.16. The molecule has 0 radical (unpaired) electrons. The van der Waals surface area contributed by atoms with Crippen LogP contribution >= 0.6 is 0 Å². The van der Waals surface area contributed by atoms with Gasteiger partial charge >= 0.3 is 0 Å². The molecule has 1 amide bonds. The molecule has 2 saturated heterocycles. The van der Waals surface area contributed by atoms with Crippen LogP contribution in [-0.4, -0.2) is 81.5 Å². The molecule has 2 saturated carbocycles. The lowest BCUT2D eigenvalue weighted by atomic mass is 10.1. The Morgan fingerprint density at radius 2 is 1.86 bits per heavy atom. The zero-order valence-electron chi connectivity index (χ0n) is 27.1. The quantitative estimate of drug-likeness (QED) is 0.257. The Morgan fingerprint density at radius 3 is 2.53 bits per heavy atom. The van der Waals surface area contributed by atoms with Crippen molar-refractivity contribution in [1.82, 2.24) is 28.3 Å². The second-order valence-electron chi connectivity index (χ2n) is 13.9. The molecule has 5 heterocycles. The van der Waals surface area contributed by atoms with Crippen LogP contribution < -0.4 is 10.5 Å². The van der Waals surface area contributed by atoms with E-state index in [-0.39, 0.29) is 42.0 Å². The number of benzene rings is 2. The predicted octanol–water partition coefficient (Wildman–Crippen LogP) is 4.15. The number of likely N-dealkylation sites (tertiary alicyclic amines) is 1. The summed E-state index contributed by atoms with van der Waals surface area (Å²) in [4.78, 5) is 26.0. The maximum Gasteiger partial charge on any atom is 0.254 e. The number of pyridine rings is 1. The van der Waals surface area contributed by atoms with Crippen molar-refractivity contribution in [1.29, 1.82) is 5.26 Å². The molecule has 3 aromatic heterocycles. The van der Waals surface area contributed by atoms with Crippen LogP contribution in [0.2, 0.25) is 0 Å². The zero-order chi connectivity index (χ0) is 33.6. The summed E-state index contributed by atoms with van der Waals surface area (Å²) in [5, 5.41) is 10.2. The molecule has 250 valence electrons. The van der Waals surface area contributed by atoms with Crippen molar-refractivity contribution in [3.63, 3.8) is 0 Å². The molecule has 12 nitrogen and oxygen atoms in total. The lowest BCUT2D eigenvalue weighted by Gasteiger charge is -2.39. The van der Waals surface area contributed by atoms with Gasteiger partial charge in [0, 0.05) is 55.4 Å². The van der Waals surface area contributed by atoms with Gasteiger partial charge in [-0.15, -0.1) is 0 Å². The van der Waals surface area contributed by atoms with Gasteiger partial charge in [-0.05, 0) is 92.1 Å². The summed E-state index contributed by atoms with van der Waals surface area (Å²) < 4.78 is 39.0. The van der Waals surface area contributed by atoms with E-state index in [1.54, 1.807) is 19.4 Å². The number of piperidine rings is 1. The molecule has 4 aliphatic rings. The minimum absolute atomic E-state index is 0.00417. The minimum atomic E-state index is -3.79. The Kier molecular flexibility index (Phi) is 6.88. The van der Waals surface area contributed by atoms with Gasteiger partial charge < -0.3 is 24.5 Å². The standard InChI is InChI=1S/C36H36N8O4S/c1-48-31-15-25(36(45)43-18-24-8-11-29(43)32(24)38)13-28-33(31)44(26-19-41(20-26)49(46,47)27-9-6-21(16-37)7-10-27)35(40-28)30-14-23-3-2-12-39-34(23)42(30)17-22-4-5-22/h2-3,6-7,9-10,12-15,22,24,26,29,32H,4-5,8,11,17-20,38H2,1H3/t24?,29?,32-/m1/s1. The van der Waals surface area contributed by atoms with E-state index >= 15 is 0 Å². The number of nitriles is 1. The fraction of sp³-hybridized carbons (Fsp3) is 0.389. The SMILES string of the molecule is COc1cc(C(=O)N2CC3CCC2[C@@H]3N)cc2nc(-c3cc4cccnc4n3CC3CC3)n(C3CN(S(=O)(=O)c4ccc(C#N)cc4)C3)c12. The van der Waals surface area contributed by atoms with Crippen molar-refractivity contribution in [2.24, 2.45) is 17.6 Å². The highest BCUT2D eigenvalue weighted by molar-refractivity contribution is 7.89. The third kappa shape index (κ3) is 4.76. The van der Waals surface area contributed by atoms with Gasteiger partial charge in [-0.3, -0.25) is 4.79 Å². The normalized spacial score (nSPS) is 22.6. The predicted molar refractivity (Wildman–Crippen MR) is 182 cm³/mol. The summed E-state index contributed by atoms with van der Waals surface area (Å²) in [5.41, 5.74) is 10.4. The van der Waals surface area contributed by atoms with Crippen molar-refractivity contribution in [2.75, 3.05) is 26.7 Å². The Hall–Kier alpha value is -4.77. The molecule has 13 heteroatoms. The molecule has 2 unspecified atom stereocenters. The number of sulfonamides is 1. The molecular weight excluding hydrogens is 641 g/mol. The Morgan fingerprint density at radius 1 is 1.06 bits per heavy atom. The number of hydrogen-bond acceptors (Lipinski definition) is 8. The molecule has 2 N–H and O–H groups in total. The molecule has 49 heavy (non-hydrogen) atoms. The number of nitrogens with zero attached hydrogens (tertiary/aromatic N) is 7. The first-order chi connectivity index (χ1) is 23.7. The fourth-order valence-electron chi connectivity index (χ4n) is 8.10. The lowest BCUT2D eigenvalue weighted by molar-refractivity contribution is 0.0700. The molecule has 2 aliphatic heterocycles. The van der Waals surface area contributed by atoms with Crippen LogP contribution in [-0.2, 0) is 16.6 Å². The van der Waals surface area contributed by atoms with Crippen LogP contribution in [0, 0.1) is 23.2 Å². The third-order valence-corrected chi connectivity index (χ3v) is 12.8. The number of amides is 1. The van der Waals surface area contributed by atoms with E-state index in [4.69, 9.17) is 20.4 Å². The van der Waals surface area contributed by atoms with Gasteiger partial charge in [0.15, 0.2) is 5.82 Å². The zero-order valence-corrected chi connectivity index (χ0v) is 27.9. The van der Waals surface area contributed by atoms with Crippen LogP contribution in [0.3, 0.4) is 0 Å². The number of hydrogen-bond donors (Lipinski definition) is 1. The minimum Gasteiger partial charge on any atom is -0.494 e. The summed E-state index contributed by atoms with van der Waals surface area (Å²) in [7, 11) is -2.20. The maximum absolute atomic E-state index is 14.0. The first-order valence-corrected chi connectivity index (χ1v) is 18.3. The molecule has 4 fully saturated rings. The fourth-order valence-corrected chi connectivity index (χ4v) is 9.61. The maximum atomic E-state index is 14.0. The van der Waals surface area contributed by atoms with E-state index in [1.807, 2.05) is 29.2 Å². The number of aromatic nitrogens is 4. The topological polar surface area (TPSA) is 152 Å². The van der Waals surface area contributed by atoms with Crippen LogP contribution in [0.4, 0.5) is 0 Å². The number of ether oxygens (including phenoxy) is 1. The van der Waals surface area contributed by atoms with E-state index in [9.17, 15) is 18.5 Å². The number of carbonyl (C=O) groups is 1. The van der Waals surface area contributed by atoms with Crippen LogP contribution in [0.1, 0.15) is 47.6 Å². The molecule has 2 aromatic carbocycles. The van der Waals surface area contributed by atoms with E-state index in [0.717, 1.165) is 49.0 Å². The van der Waals surface area contributed by atoms with Gasteiger partial charge in [-0.25, -0.2) is 18.4 Å². The van der Waals surface area contributed by atoms with Gasteiger partial charge in [0.1, 0.15) is 16.9 Å². The van der Waals surface area contributed by atoms with Crippen LogP contribution in [0.25, 0.3) is 33.6 Å². The van der Waals surface area contributed by atoms with Crippen molar-refractivity contribution in [3.05, 3.63) is 71.9 Å². The largest absolute Gasteiger partial charge is 0.494 e. The van der Waals surface area contributed by atoms with Crippen molar-refractivity contribution < 1.29 is 17.9 Å². The van der Waals surface area contributed by atoms with E-state index < -0.39 is 10.0 Å². The Labute approximate surface area is 283 Å². The van der Waals surface area contributed by atoms with Crippen molar-refractivity contribution in [2.45, 2.75) is 55.2 Å². The number of carbonyl (C=O) groups excluding carboxylic acids is 1. The number of rotatable bonds is 8. The number of imidazole rings is 1. The molecule has 9 rings (SSSR count). The third-order valence-electron chi connectivity index (χ3n) is 11.0. The molecule has 2 aliphatic carbocycles. The highest BCUT2D eigenvalue weighted by Gasteiger charge is 2.47. The second kappa shape index (κ2) is 11.1. The molecule has 3 atom stereocenters. The average molecular weight is 677 g/mol. The first-order valence-electron chi connectivity index (χ1n) is 16.9. The summed E-state index contributed by atoms with van der Waals surface area (Å²) in [6.45, 7) is 1.91. The average Bonchev–Trinajstić information content (AvgIpc) is 3.44. The molecular formula is C36H36N8O4S. The van der Waals surface area contributed by atoms with Crippen molar-refractivity contribution >= 4 is 38.0 Å². The highest BCUT2D eigenvalue weighted by Crippen LogP contribution is 2.43. The number of nitrogens with two attached hydrogens (primary N) is 1. The van der Waals surface area contributed by atoms with E-state index in [2.05, 4.69) is 15.2 Å². The van der Waals surface area contributed by atoms with Crippen LogP contribution in [0.15, 0.2) is 65.7 Å². The summed E-state index contributed by atoms with van der Waals surface area (Å²) in [6, 6.07) is 17.5. The van der Waals surface area contributed by atoms with Gasteiger partial charge in [0.25, 0.3) is 5.91 Å². The molecule has 2 bridgehead atoms. The molecule has 5 aromatic rings. The van der Waals surface area contributed by atoms with Gasteiger partial charge in [-0.1, -0.05) is 0 Å². The van der Waals surface area contributed by atoms with E-state index in [0.29, 0.717) is 52.1 Å². The smallest absolute Gasteiger partial charge is 0.254 e. The highest BCUT2D eigenvalue weighted by atomic mass is 32.2. The molecule has 0 spiro atoms. The lowest BCUT2D eigenvalue weighted by Crippen LogP contribution is -2.50. The van der Waals surface area contributed by atoms with Gasteiger partial charge in [0.2, 0.25) is 10.0 Å². The van der Waals surface area contributed by atoms with Crippen molar-refractivity contribution in [3.8, 4) is 23.3 Å². The number of fused-ring (bicyclic) bond motifs is 4. The van der Waals surface area contributed by atoms with Gasteiger partial charge in [-0.2, -0.15) is 9.57 Å². The summed E-state index contributed by atoms with van der Waals surface area (Å²) >= 11 is 0. The van der Waals surface area contributed by atoms with Crippen LogP contribution in [0.5, 0.6) is 5.75 Å². The number of methoxy groups -OCH3 is 1. The monoisotopic (exact) mass is 676 g/mol. The Bertz CT molecular complexity index is 2300. The summed E-state index contributed by atoms with van der Waals surface area (Å²) in [6.07, 6.45) is 6.09. The second-order valence-corrected chi connectivity index (χ2v) is 15.8. The summed E-state index contributed by atoms with van der Waals surface area (Å²) in [5.74, 6) is 2.00.